The van der Waals surface area contributed by atoms with E-state index in [1.165, 1.54) is 13.0 Å². The maximum atomic E-state index is 12.4. The molecule has 0 saturated carbocycles. The number of aromatic nitrogens is 1. The predicted octanol–water partition coefficient (Wildman–Crippen LogP) is 2.59. The number of halogens is 3. The molecule has 0 atom stereocenters. The van der Waals surface area contributed by atoms with Crippen LogP contribution in [0.4, 0.5) is 24.5 Å². The average molecular weight is 357 g/mol. The minimum atomic E-state index is -6.07. The number of rotatable bonds is 6. The van der Waals surface area contributed by atoms with Gasteiger partial charge < -0.3 is 9.50 Å². The number of anilines is 1. The van der Waals surface area contributed by atoms with Gasteiger partial charge in [-0.05, 0) is 18.9 Å². The van der Waals surface area contributed by atoms with Gasteiger partial charge in [0.15, 0.2) is 0 Å². The fraction of sp³-hybridized carbons (Fsp3) is 0.545. The first-order chi connectivity index (χ1) is 10.3. The third-order valence-corrected chi connectivity index (χ3v) is 3.39. The molecule has 0 spiro atoms. The quantitative estimate of drug-likeness (QED) is 0.360. The molecule has 1 rings (SSSR count). The van der Waals surface area contributed by atoms with Crippen LogP contribution in [0, 0.1) is 23.0 Å². The van der Waals surface area contributed by atoms with Gasteiger partial charge in [0, 0.05) is 12.2 Å². The lowest BCUT2D eigenvalue weighted by molar-refractivity contribution is -0.384. The van der Waals surface area contributed by atoms with Gasteiger partial charge in [-0.1, -0.05) is 13.8 Å². The van der Waals surface area contributed by atoms with Gasteiger partial charge in [0.25, 0.3) is 0 Å². The van der Waals surface area contributed by atoms with E-state index in [2.05, 4.69) is 14.5 Å². The van der Waals surface area contributed by atoms with Crippen LogP contribution in [-0.4, -0.2) is 30.4 Å². The number of pyridine rings is 1. The molecule has 8 nitrogen and oxygen atoms in total. The minimum absolute atomic E-state index is 0.0502. The Balaban J connectivity index is 3.39. The van der Waals surface area contributed by atoms with Crippen molar-refractivity contribution in [2.24, 2.45) is 5.92 Å². The Morgan fingerprint density at radius 3 is 2.43 bits per heavy atom. The molecule has 0 unspecified atom stereocenters. The van der Waals surface area contributed by atoms with Gasteiger partial charge in [-0.15, -0.1) is 0 Å². The fourth-order valence-electron chi connectivity index (χ4n) is 1.47. The van der Waals surface area contributed by atoms with Crippen LogP contribution in [0.3, 0.4) is 0 Å². The van der Waals surface area contributed by atoms with Crippen molar-refractivity contribution < 1.29 is 30.7 Å². The Morgan fingerprint density at radius 2 is 2.00 bits per heavy atom. The maximum Gasteiger partial charge on any atom is 0.534 e. The largest absolute Gasteiger partial charge is 0.534 e. The van der Waals surface area contributed by atoms with Crippen molar-refractivity contribution in [1.82, 2.24) is 4.98 Å². The molecule has 1 heterocycles. The van der Waals surface area contributed by atoms with Crippen molar-refractivity contribution >= 4 is 21.5 Å². The second kappa shape index (κ2) is 6.56. The van der Waals surface area contributed by atoms with Crippen molar-refractivity contribution in [3.8, 4) is 5.88 Å². The van der Waals surface area contributed by atoms with Crippen molar-refractivity contribution in [2.75, 3.05) is 11.9 Å². The van der Waals surface area contributed by atoms with Gasteiger partial charge in [0.05, 0.1) is 4.92 Å². The van der Waals surface area contributed by atoms with Crippen LogP contribution >= 0.6 is 0 Å². The maximum absolute atomic E-state index is 12.4. The summed E-state index contributed by atoms with van der Waals surface area (Å²) in [5.41, 5.74) is -6.83. The summed E-state index contributed by atoms with van der Waals surface area (Å²) in [6, 6.07) is 1.22. The Hall–Kier alpha value is -2.11. The van der Waals surface area contributed by atoms with E-state index in [1.54, 1.807) is 13.8 Å². The Morgan fingerprint density at radius 1 is 1.43 bits per heavy atom. The molecule has 0 aliphatic heterocycles. The van der Waals surface area contributed by atoms with Gasteiger partial charge in [0.2, 0.25) is 0 Å². The van der Waals surface area contributed by atoms with E-state index in [0.717, 1.165) is 0 Å². The topological polar surface area (TPSA) is 111 Å². The zero-order valence-corrected chi connectivity index (χ0v) is 13.2. The highest BCUT2D eigenvalue weighted by molar-refractivity contribution is 7.88. The van der Waals surface area contributed by atoms with Crippen molar-refractivity contribution in [2.45, 2.75) is 26.3 Å². The molecule has 12 heteroatoms. The Bertz CT molecular complexity index is 704. The van der Waals surface area contributed by atoms with E-state index in [9.17, 15) is 31.7 Å². The molecule has 130 valence electrons. The van der Waals surface area contributed by atoms with E-state index in [-0.39, 0.29) is 23.8 Å². The lowest BCUT2D eigenvalue weighted by Gasteiger charge is -2.13. The first-order valence-corrected chi connectivity index (χ1v) is 7.66. The van der Waals surface area contributed by atoms with E-state index in [0.29, 0.717) is 0 Å². The average Bonchev–Trinajstić information content (AvgIpc) is 2.33. The van der Waals surface area contributed by atoms with E-state index >= 15 is 0 Å². The number of aryl methyl sites for hydroxylation is 1. The molecule has 0 saturated heterocycles. The third-order valence-electron chi connectivity index (χ3n) is 2.44. The standard InChI is InChI=1S/C11H14F3N3O5S/c1-6(2)5-15-8-4-7(3)16-10(9(8)17(18)19)22-23(20,21)11(12,13)14/h4,6H,5H2,1-3H3,(H,15,16). The molecule has 0 radical (unpaired) electrons. The third kappa shape index (κ3) is 4.68. The summed E-state index contributed by atoms with van der Waals surface area (Å²) in [6.07, 6.45) is 0. The molecule has 0 amide bonds. The summed E-state index contributed by atoms with van der Waals surface area (Å²) in [5, 5.41) is 13.8. The van der Waals surface area contributed by atoms with Gasteiger partial charge in [0.1, 0.15) is 5.69 Å². The molecule has 0 aliphatic rings. The molecule has 23 heavy (non-hydrogen) atoms. The molecule has 0 bridgehead atoms. The van der Waals surface area contributed by atoms with Gasteiger partial charge in [-0.25, -0.2) is 4.98 Å². The van der Waals surface area contributed by atoms with E-state index < -0.39 is 32.1 Å². The lowest BCUT2D eigenvalue weighted by atomic mass is 10.2. The zero-order valence-electron chi connectivity index (χ0n) is 12.3. The minimum Gasteiger partial charge on any atom is -0.379 e. The Kier molecular flexibility index (Phi) is 5.40. The van der Waals surface area contributed by atoms with Gasteiger partial charge in [-0.2, -0.15) is 21.6 Å². The lowest BCUT2D eigenvalue weighted by Crippen LogP contribution is -2.28. The number of nitrogens with one attached hydrogen (secondary N) is 1. The van der Waals surface area contributed by atoms with Gasteiger partial charge >= 0.3 is 27.2 Å². The molecule has 0 aromatic carbocycles. The van der Waals surface area contributed by atoms with E-state index in [1.807, 2.05) is 0 Å². The monoisotopic (exact) mass is 357 g/mol. The molecule has 1 N–H and O–H groups in total. The smallest absolute Gasteiger partial charge is 0.379 e. The molecule has 0 aliphatic carbocycles. The van der Waals surface area contributed by atoms with Crippen molar-refractivity contribution in [1.29, 1.82) is 0 Å². The number of nitro groups is 1. The van der Waals surface area contributed by atoms with Crippen LogP contribution in [0.1, 0.15) is 19.5 Å². The normalized spacial score (nSPS) is 12.3. The molecular weight excluding hydrogens is 343 g/mol. The fourth-order valence-corrected chi connectivity index (χ4v) is 1.89. The highest BCUT2D eigenvalue weighted by atomic mass is 32.2. The summed E-state index contributed by atoms with van der Waals surface area (Å²) >= 11 is 0. The van der Waals surface area contributed by atoms with Crippen molar-refractivity contribution in [3.63, 3.8) is 0 Å². The van der Waals surface area contributed by atoms with Crippen LogP contribution < -0.4 is 9.50 Å². The van der Waals surface area contributed by atoms with Crippen LogP contribution in [-0.2, 0) is 10.1 Å². The first-order valence-electron chi connectivity index (χ1n) is 6.26. The summed E-state index contributed by atoms with van der Waals surface area (Å²) in [5.74, 6) is -1.16. The molecular formula is C11H14F3N3O5S. The SMILES string of the molecule is Cc1cc(NCC(C)C)c([N+](=O)[O-])c(OS(=O)(=O)C(F)(F)F)n1. The Labute approximate surface area is 129 Å². The highest BCUT2D eigenvalue weighted by Crippen LogP contribution is 2.37. The van der Waals surface area contributed by atoms with Crippen LogP contribution in [0.15, 0.2) is 6.07 Å². The first kappa shape index (κ1) is 18.9. The number of hydrogen-bond donors (Lipinski definition) is 1. The van der Waals surface area contributed by atoms with Crippen LogP contribution in [0.2, 0.25) is 0 Å². The van der Waals surface area contributed by atoms with Gasteiger partial charge in [-0.3, -0.25) is 10.1 Å². The zero-order chi connectivity index (χ0) is 18.0. The summed E-state index contributed by atoms with van der Waals surface area (Å²) < 4.78 is 63.1. The van der Waals surface area contributed by atoms with Crippen LogP contribution in [0.25, 0.3) is 0 Å². The van der Waals surface area contributed by atoms with Crippen LogP contribution in [0.5, 0.6) is 5.88 Å². The second-order valence-corrected chi connectivity index (χ2v) is 6.52. The highest BCUT2D eigenvalue weighted by Gasteiger charge is 2.50. The number of alkyl halides is 3. The number of hydrogen-bond acceptors (Lipinski definition) is 7. The molecule has 1 aromatic heterocycles. The summed E-state index contributed by atoms with van der Waals surface area (Å²) in [6.45, 7) is 5.21. The molecule has 0 fully saturated rings. The number of nitrogens with zero attached hydrogens (tertiary/aromatic N) is 2. The molecule has 1 aromatic rings. The summed E-state index contributed by atoms with van der Waals surface area (Å²) in [7, 11) is -6.07. The second-order valence-electron chi connectivity index (χ2n) is 4.98. The predicted molar refractivity (Wildman–Crippen MR) is 74.6 cm³/mol. The van der Waals surface area contributed by atoms with Crippen molar-refractivity contribution in [3.05, 3.63) is 21.9 Å². The summed E-state index contributed by atoms with van der Waals surface area (Å²) in [4.78, 5) is 13.4. The van der Waals surface area contributed by atoms with E-state index in [4.69, 9.17) is 0 Å².